The monoisotopic (exact) mass is 276 g/mol. The number of aliphatic hydroxyl groups is 2. The quantitative estimate of drug-likeness (QED) is 0.620. The van der Waals surface area contributed by atoms with Gasteiger partial charge in [0.05, 0.1) is 0 Å². The van der Waals surface area contributed by atoms with Crippen molar-refractivity contribution in [3.05, 3.63) is 65.4 Å². The van der Waals surface area contributed by atoms with Crippen LogP contribution in [0.5, 0.6) is 0 Å². The predicted molar refractivity (Wildman–Crippen MR) is 80.4 cm³/mol. The van der Waals surface area contributed by atoms with E-state index < -0.39 is 12.2 Å². The molecule has 0 saturated carbocycles. The summed E-state index contributed by atoms with van der Waals surface area (Å²) < 4.78 is 5.43. The summed E-state index contributed by atoms with van der Waals surface area (Å²) in [5.41, 5.74) is 1.66. The molecular weight excluding hydrogens is 264 g/mol. The van der Waals surface area contributed by atoms with Crippen molar-refractivity contribution in [1.82, 2.24) is 0 Å². The van der Waals surface area contributed by atoms with Crippen molar-refractivity contribution in [2.24, 2.45) is 0 Å². The van der Waals surface area contributed by atoms with Crippen LogP contribution in [0.25, 0.3) is 27.3 Å². The third kappa shape index (κ3) is 1.39. The van der Waals surface area contributed by atoms with E-state index in [-0.39, 0.29) is 0 Å². The third-order valence-electron chi connectivity index (χ3n) is 4.43. The lowest BCUT2D eigenvalue weighted by Gasteiger charge is -2.19. The zero-order valence-corrected chi connectivity index (χ0v) is 11.1. The molecule has 1 aliphatic carbocycles. The summed E-state index contributed by atoms with van der Waals surface area (Å²) in [4.78, 5) is 0. The van der Waals surface area contributed by atoms with Crippen LogP contribution in [0.3, 0.4) is 0 Å². The Morgan fingerprint density at radius 1 is 0.810 bits per heavy atom. The Labute approximate surface area is 120 Å². The van der Waals surface area contributed by atoms with Gasteiger partial charge >= 0.3 is 0 Å². The molecule has 0 aromatic heterocycles. The molecular formula is C18H12O3. The highest BCUT2D eigenvalue weighted by Crippen LogP contribution is 2.51. The predicted octanol–water partition coefficient (Wildman–Crippen LogP) is 3.10. The number of ether oxygens (including phenoxy) is 1. The minimum Gasteiger partial charge on any atom is -0.451 e. The second kappa shape index (κ2) is 3.64. The number of rotatable bonds is 0. The van der Waals surface area contributed by atoms with Crippen molar-refractivity contribution in [1.29, 1.82) is 0 Å². The Hall–Kier alpha value is -2.36. The molecule has 102 valence electrons. The van der Waals surface area contributed by atoms with Crippen LogP contribution in [0, 0.1) is 0 Å². The number of hydrogen-bond acceptors (Lipinski definition) is 3. The molecule has 0 fully saturated rings. The maximum Gasteiger partial charge on any atom is 0.179 e. The highest BCUT2D eigenvalue weighted by molar-refractivity contribution is 6.05. The molecule has 0 saturated heterocycles. The van der Waals surface area contributed by atoms with Crippen LogP contribution in [0.2, 0.25) is 0 Å². The maximum absolute atomic E-state index is 10.2. The largest absolute Gasteiger partial charge is 0.451 e. The van der Waals surface area contributed by atoms with E-state index in [1.807, 2.05) is 24.3 Å². The van der Waals surface area contributed by atoms with Crippen LogP contribution in [-0.2, 0) is 4.74 Å². The molecule has 0 bridgehead atoms. The van der Waals surface area contributed by atoms with E-state index in [1.54, 1.807) is 0 Å². The number of benzene rings is 3. The topological polar surface area (TPSA) is 53.0 Å². The Kier molecular flexibility index (Phi) is 1.96. The molecule has 1 heterocycles. The van der Waals surface area contributed by atoms with Gasteiger partial charge in [-0.2, -0.15) is 0 Å². The van der Waals surface area contributed by atoms with E-state index in [9.17, 15) is 10.2 Å². The van der Waals surface area contributed by atoms with E-state index in [0.29, 0.717) is 5.76 Å². The van der Waals surface area contributed by atoms with Gasteiger partial charge in [-0.1, -0.05) is 36.4 Å². The van der Waals surface area contributed by atoms with E-state index in [2.05, 4.69) is 24.3 Å². The van der Waals surface area contributed by atoms with Gasteiger partial charge in [0, 0.05) is 5.56 Å². The van der Waals surface area contributed by atoms with Crippen molar-refractivity contribution in [3.8, 4) is 0 Å². The van der Waals surface area contributed by atoms with Gasteiger partial charge in [0.2, 0.25) is 0 Å². The molecule has 0 amide bonds. The summed E-state index contributed by atoms with van der Waals surface area (Å²) in [7, 11) is 0. The average Bonchev–Trinajstić information content (AvgIpc) is 3.30. The number of aliphatic hydroxyl groups excluding tert-OH is 2. The summed E-state index contributed by atoms with van der Waals surface area (Å²) in [6.45, 7) is 0. The molecule has 21 heavy (non-hydrogen) atoms. The SMILES string of the molecule is O[C@H]1C2=C(O2)c2c(ccc3cc4ccccc4cc23)[C@@H]1O. The van der Waals surface area contributed by atoms with Gasteiger partial charge in [-0.25, -0.2) is 0 Å². The van der Waals surface area contributed by atoms with Crippen LogP contribution >= 0.6 is 0 Å². The molecule has 2 N–H and O–H groups in total. The molecule has 1 aliphatic heterocycles. The summed E-state index contributed by atoms with van der Waals surface area (Å²) in [5, 5.41) is 24.7. The van der Waals surface area contributed by atoms with Gasteiger partial charge in [-0.05, 0) is 39.2 Å². The Balaban J connectivity index is 1.92. The molecule has 0 unspecified atom stereocenters. The maximum atomic E-state index is 10.2. The first-order chi connectivity index (χ1) is 10.2. The van der Waals surface area contributed by atoms with Gasteiger partial charge in [-0.15, -0.1) is 0 Å². The lowest BCUT2D eigenvalue weighted by atomic mass is 9.88. The third-order valence-corrected chi connectivity index (χ3v) is 4.43. The molecule has 5 rings (SSSR count). The smallest absolute Gasteiger partial charge is 0.179 e. The molecule has 0 radical (unpaired) electrons. The fourth-order valence-electron chi connectivity index (χ4n) is 3.30. The minimum absolute atomic E-state index is 0.510. The fraction of sp³-hybridized carbons (Fsp3) is 0.111. The standard InChI is InChI=1S/C18H12O3/c19-15-12-6-5-11-7-9-3-1-2-4-10(9)8-13(11)14(12)17-18(21-17)16(15)20/h1-8,15-16,19-20H/t15-,16+/m0/s1. The summed E-state index contributed by atoms with van der Waals surface area (Å²) in [5.74, 6) is 1.24. The Bertz CT molecular complexity index is 955. The molecule has 2 atom stereocenters. The summed E-state index contributed by atoms with van der Waals surface area (Å²) in [6.07, 6.45) is -1.86. The molecule has 0 spiro atoms. The van der Waals surface area contributed by atoms with E-state index >= 15 is 0 Å². The Morgan fingerprint density at radius 2 is 1.57 bits per heavy atom. The zero-order valence-electron chi connectivity index (χ0n) is 11.1. The highest BCUT2D eigenvalue weighted by Gasteiger charge is 2.45. The second-order valence-corrected chi connectivity index (χ2v) is 5.64. The second-order valence-electron chi connectivity index (χ2n) is 5.64. The summed E-state index contributed by atoms with van der Waals surface area (Å²) >= 11 is 0. The van der Waals surface area contributed by atoms with E-state index in [1.165, 1.54) is 5.39 Å². The van der Waals surface area contributed by atoms with Crippen LogP contribution in [-0.4, -0.2) is 16.3 Å². The first kappa shape index (κ1) is 11.3. The molecule has 3 aromatic carbocycles. The van der Waals surface area contributed by atoms with Crippen molar-refractivity contribution < 1.29 is 14.9 Å². The first-order valence-electron chi connectivity index (χ1n) is 6.98. The van der Waals surface area contributed by atoms with Gasteiger partial charge in [0.25, 0.3) is 0 Å². The van der Waals surface area contributed by atoms with Crippen LogP contribution in [0.15, 0.2) is 54.3 Å². The minimum atomic E-state index is -0.939. The zero-order chi connectivity index (χ0) is 14.1. The van der Waals surface area contributed by atoms with E-state index in [0.717, 1.165) is 33.0 Å². The molecule has 2 aliphatic rings. The fourth-order valence-corrected chi connectivity index (χ4v) is 3.30. The molecule has 3 nitrogen and oxygen atoms in total. The van der Waals surface area contributed by atoms with Gasteiger partial charge in [0.15, 0.2) is 11.5 Å². The van der Waals surface area contributed by atoms with Gasteiger partial charge < -0.3 is 14.9 Å². The highest BCUT2D eigenvalue weighted by atomic mass is 16.6. The lowest BCUT2D eigenvalue weighted by molar-refractivity contribution is 0.0325. The lowest BCUT2D eigenvalue weighted by Crippen LogP contribution is -2.20. The van der Waals surface area contributed by atoms with Crippen molar-refractivity contribution in [3.63, 3.8) is 0 Å². The van der Waals surface area contributed by atoms with Crippen molar-refractivity contribution in [2.45, 2.75) is 12.2 Å². The van der Waals surface area contributed by atoms with Gasteiger partial charge in [-0.3, -0.25) is 0 Å². The van der Waals surface area contributed by atoms with Crippen molar-refractivity contribution >= 4 is 27.3 Å². The normalized spacial score (nSPS) is 23.0. The van der Waals surface area contributed by atoms with Crippen LogP contribution < -0.4 is 0 Å². The number of fused-ring (bicyclic) bond motifs is 5. The first-order valence-corrected chi connectivity index (χ1v) is 6.98. The Morgan fingerprint density at radius 3 is 2.38 bits per heavy atom. The van der Waals surface area contributed by atoms with Crippen LogP contribution in [0.1, 0.15) is 17.2 Å². The molecule has 3 aromatic rings. The van der Waals surface area contributed by atoms with Crippen LogP contribution in [0.4, 0.5) is 0 Å². The molecule has 3 heteroatoms. The number of hydrogen-bond donors (Lipinski definition) is 2. The van der Waals surface area contributed by atoms with Crippen molar-refractivity contribution in [2.75, 3.05) is 0 Å². The average molecular weight is 276 g/mol. The van der Waals surface area contributed by atoms with Gasteiger partial charge in [0.1, 0.15) is 12.2 Å². The van der Waals surface area contributed by atoms with E-state index in [4.69, 9.17) is 4.74 Å². The summed E-state index contributed by atoms with van der Waals surface area (Å²) in [6, 6.07) is 16.3.